The number of hydrogen-bond donors (Lipinski definition) is 1. The van der Waals surface area contributed by atoms with Gasteiger partial charge in [-0.3, -0.25) is 10.1 Å². The zero-order valence-corrected chi connectivity index (χ0v) is 8.17. The van der Waals surface area contributed by atoms with Crippen molar-refractivity contribution in [3.8, 4) is 0 Å². The van der Waals surface area contributed by atoms with Gasteiger partial charge < -0.3 is 4.90 Å². The van der Waals surface area contributed by atoms with Gasteiger partial charge >= 0.3 is 6.03 Å². The highest BCUT2D eigenvalue weighted by molar-refractivity contribution is 5.96. The molecule has 0 spiro atoms. The highest BCUT2D eigenvalue weighted by Gasteiger charge is 2.31. The average Bonchev–Trinajstić information content (AvgIpc) is 2.88. The van der Waals surface area contributed by atoms with E-state index >= 15 is 0 Å². The Morgan fingerprint density at radius 3 is 2.23 bits per heavy atom. The van der Waals surface area contributed by atoms with Crippen molar-refractivity contribution in [2.75, 3.05) is 13.1 Å². The predicted molar refractivity (Wildman–Crippen MR) is 49.2 cm³/mol. The molecule has 0 heterocycles. The third kappa shape index (κ3) is 2.72. The second-order valence-electron chi connectivity index (χ2n) is 3.24. The monoisotopic (exact) mass is 184 g/mol. The van der Waals surface area contributed by atoms with Crippen LogP contribution < -0.4 is 5.32 Å². The number of nitrogens with zero attached hydrogens (tertiary/aromatic N) is 1. The molecular weight excluding hydrogens is 168 g/mol. The fraction of sp³-hybridized carbons (Fsp3) is 0.778. The Morgan fingerprint density at radius 1 is 1.31 bits per heavy atom. The predicted octanol–water partition coefficient (Wildman–Crippen LogP) is 0.974. The Morgan fingerprint density at radius 2 is 1.85 bits per heavy atom. The lowest BCUT2D eigenvalue weighted by Gasteiger charge is -2.18. The maximum Gasteiger partial charge on any atom is 0.324 e. The molecule has 13 heavy (non-hydrogen) atoms. The Balaban J connectivity index is 2.33. The van der Waals surface area contributed by atoms with Crippen LogP contribution in [0.25, 0.3) is 0 Å². The van der Waals surface area contributed by atoms with Crippen LogP contribution in [0.1, 0.15) is 26.7 Å². The van der Waals surface area contributed by atoms with Crippen LogP contribution in [-0.2, 0) is 4.79 Å². The lowest BCUT2D eigenvalue weighted by atomic mass is 10.4. The zero-order chi connectivity index (χ0) is 9.84. The van der Waals surface area contributed by atoms with E-state index in [0.717, 1.165) is 12.8 Å². The van der Waals surface area contributed by atoms with Gasteiger partial charge in [0, 0.05) is 19.0 Å². The molecule has 0 unspecified atom stereocenters. The van der Waals surface area contributed by atoms with E-state index in [9.17, 15) is 9.59 Å². The summed E-state index contributed by atoms with van der Waals surface area (Å²) >= 11 is 0. The molecule has 1 N–H and O–H groups in total. The van der Waals surface area contributed by atoms with Gasteiger partial charge in [-0.25, -0.2) is 4.79 Å². The van der Waals surface area contributed by atoms with Crippen LogP contribution in [0, 0.1) is 5.92 Å². The molecule has 4 heteroatoms. The van der Waals surface area contributed by atoms with Crippen molar-refractivity contribution >= 4 is 11.9 Å². The Bertz CT molecular complexity index is 208. The number of imide groups is 1. The first kappa shape index (κ1) is 10.0. The third-order valence-corrected chi connectivity index (χ3v) is 2.23. The van der Waals surface area contributed by atoms with Gasteiger partial charge in [0.15, 0.2) is 0 Å². The van der Waals surface area contributed by atoms with Gasteiger partial charge in [-0.15, -0.1) is 0 Å². The lowest BCUT2D eigenvalue weighted by molar-refractivity contribution is -0.121. The summed E-state index contributed by atoms with van der Waals surface area (Å²) in [7, 11) is 0. The van der Waals surface area contributed by atoms with Gasteiger partial charge in [0.05, 0.1) is 0 Å². The Kier molecular flexibility index (Phi) is 3.28. The van der Waals surface area contributed by atoms with Gasteiger partial charge in [-0.05, 0) is 26.7 Å². The summed E-state index contributed by atoms with van der Waals surface area (Å²) < 4.78 is 0. The molecule has 0 aromatic rings. The number of rotatable bonds is 3. The minimum absolute atomic E-state index is 0.0968. The quantitative estimate of drug-likeness (QED) is 0.710. The summed E-state index contributed by atoms with van der Waals surface area (Å²) in [6.45, 7) is 5.07. The minimum atomic E-state index is -0.262. The van der Waals surface area contributed by atoms with Gasteiger partial charge in [0.25, 0.3) is 0 Å². The van der Waals surface area contributed by atoms with Crippen molar-refractivity contribution in [3.63, 3.8) is 0 Å². The molecule has 0 bridgehead atoms. The van der Waals surface area contributed by atoms with Gasteiger partial charge in [-0.2, -0.15) is 0 Å². The fourth-order valence-electron chi connectivity index (χ4n) is 1.14. The summed E-state index contributed by atoms with van der Waals surface area (Å²) in [5.74, 6) is -0.0172. The van der Waals surface area contributed by atoms with E-state index in [4.69, 9.17) is 0 Å². The molecule has 1 rings (SSSR count). The largest absolute Gasteiger partial charge is 0.325 e. The maximum absolute atomic E-state index is 11.3. The normalized spacial score (nSPS) is 15.2. The van der Waals surface area contributed by atoms with Crippen LogP contribution in [0.5, 0.6) is 0 Å². The van der Waals surface area contributed by atoms with Crippen LogP contribution in [0.4, 0.5) is 4.79 Å². The van der Waals surface area contributed by atoms with Crippen LogP contribution in [0.2, 0.25) is 0 Å². The highest BCUT2D eigenvalue weighted by atomic mass is 16.2. The average molecular weight is 184 g/mol. The molecule has 1 aliphatic rings. The molecule has 1 aliphatic carbocycles. The zero-order valence-electron chi connectivity index (χ0n) is 8.17. The highest BCUT2D eigenvalue weighted by Crippen LogP contribution is 2.28. The first-order valence-corrected chi connectivity index (χ1v) is 4.78. The molecular formula is C9H16N2O2. The lowest BCUT2D eigenvalue weighted by Crippen LogP contribution is -2.43. The molecule has 4 nitrogen and oxygen atoms in total. The SMILES string of the molecule is CCN(CC)C(=O)NC(=O)C1CC1. The minimum Gasteiger partial charge on any atom is -0.325 e. The van der Waals surface area contributed by atoms with E-state index in [1.807, 2.05) is 13.8 Å². The molecule has 0 aromatic carbocycles. The van der Waals surface area contributed by atoms with E-state index in [1.54, 1.807) is 4.90 Å². The van der Waals surface area contributed by atoms with Crippen molar-refractivity contribution in [1.82, 2.24) is 10.2 Å². The first-order chi connectivity index (χ1) is 6.19. The standard InChI is InChI=1S/C9H16N2O2/c1-3-11(4-2)9(13)10-8(12)7-5-6-7/h7H,3-6H2,1-2H3,(H,10,12,13). The Hall–Kier alpha value is -1.06. The van der Waals surface area contributed by atoms with Crippen molar-refractivity contribution in [2.45, 2.75) is 26.7 Å². The summed E-state index contributed by atoms with van der Waals surface area (Å²) in [6, 6.07) is -0.262. The van der Waals surface area contributed by atoms with E-state index in [-0.39, 0.29) is 17.9 Å². The van der Waals surface area contributed by atoms with E-state index in [1.165, 1.54) is 0 Å². The molecule has 3 amide bonds. The van der Waals surface area contributed by atoms with Gasteiger partial charge in [-0.1, -0.05) is 0 Å². The summed E-state index contributed by atoms with van der Waals surface area (Å²) in [5.41, 5.74) is 0. The van der Waals surface area contributed by atoms with E-state index < -0.39 is 0 Å². The van der Waals surface area contributed by atoms with Crippen LogP contribution in [-0.4, -0.2) is 29.9 Å². The molecule has 1 saturated carbocycles. The second kappa shape index (κ2) is 4.25. The molecule has 0 saturated heterocycles. The van der Waals surface area contributed by atoms with Crippen molar-refractivity contribution in [1.29, 1.82) is 0 Å². The van der Waals surface area contributed by atoms with E-state index in [2.05, 4.69) is 5.32 Å². The molecule has 0 aliphatic heterocycles. The maximum atomic E-state index is 11.3. The second-order valence-corrected chi connectivity index (χ2v) is 3.24. The van der Waals surface area contributed by atoms with Crippen molar-refractivity contribution in [3.05, 3.63) is 0 Å². The molecule has 74 valence electrons. The Labute approximate surface area is 78.3 Å². The topological polar surface area (TPSA) is 49.4 Å². The summed E-state index contributed by atoms with van der Waals surface area (Å²) in [5, 5.41) is 2.39. The number of urea groups is 1. The fourth-order valence-corrected chi connectivity index (χ4v) is 1.14. The summed E-state index contributed by atoms with van der Waals surface area (Å²) in [4.78, 5) is 24.1. The van der Waals surface area contributed by atoms with Gasteiger partial charge in [0.1, 0.15) is 0 Å². The number of hydrogen-bond acceptors (Lipinski definition) is 2. The number of carbonyl (C=O) groups is 2. The first-order valence-electron chi connectivity index (χ1n) is 4.78. The van der Waals surface area contributed by atoms with Crippen LogP contribution >= 0.6 is 0 Å². The number of nitrogens with one attached hydrogen (secondary N) is 1. The smallest absolute Gasteiger partial charge is 0.324 e. The molecule has 0 aromatic heterocycles. The molecule has 0 radical (unpaired) electrons. The number of carbonyl (C=O) groups excluding carboxylic acids is 2. The summed E-state index contributed by atoms with van der Waals surface area (Å²) in [6.07, 6.45) is 1.86. The van der Waals surface area contributed by atoms with E-state index in [0.29, 0.717) is 13.1 Å². The molecule has 0 atom stereocenters. The van der Waals surface area contributed by atoms with Crippen LogP contribution in [0.3, 0.4) is 0 Å². The van der Waals surface area contributed by atoms with Crippen LogP contribution in [0.15, 0.2) is 0 Å². The molecule has 1 fully saturated rings. The van der Waals surface area contributed by atoms with Crippen molar-refractivity contribution < 1.29 is 9.59 Å². The van der Waals surface area contributed by atoms with Gasteiger partial charge in [0.2, 0.25) is 5.91 Å². The van der Waals surface area contributed by atoms with Crippen molar-refractivity contribution in [2.24, 2.45) is 5.92 Å². The number of amides is 3. The third-order valence-electron chi connectivity index (χ3n) is 2.23.